The second-order valence-corrected chi connectivity index (χ2v) is 2.97. The van der Waals surface area contributed by atoms with Gasteiger partial charge in [0.1, 0.15) is 12.3 Å². The van der Waals surface area contributed by atoms with E-state index in [2.05, 4.69) is 5.32 Å². The molecule has 0 heterocycles. The van der Waals surface area contributed by atoms with Crippen molar-refractivity contribution in [1.82, 2.24) is 5.32 Å². The average molecular weight is 204 g/mol. The van der Waals surface area contributed by atoms with Crippen molar-refractivity contribution in [2.75, 3.05) is 0 Å². The molecule has 0 saturated heterocycles. The van der Waals surface area contributed by atoms with Gasteiger partial charge in [0.05, 0.1) is 0 Å². The van der Waals surface area contributed by atoms with Gasteiger partial charge in [-0.2, -0.15) is 0 Å². The lowest BCUT2D eigenvalue weighted by molar-refractivity contribution is -0.138. The van der Waals surface area contributed by atoms with E-state index in [1.807, 2.05) is 0 Å². The first-order chi connectivity index (χ1) is 6.47. The summed E-state index contributed by atoms with van der Waals surface area (Å²) in [7, 11) is 0. The Morgan fingerprint density at radius 2 is 2.07 bits per heavy atom. The number of carbonyl (C=O) groups excluding carboxylic acids is 1. The van der Waals surface area contributed by atoms with Crippen LogP contribution in [0.2, 0.25) is 0 Å². The Hall–Kier alpha value is -1.14. The van der Waals surface area contributed by atoms with Gasteiger partial charge in [-0.05, 0) is 12.8 Å². The third-order valence-corrected chi connectivity index (χ3v) is 1.71. The molecule has 1 amide bonds. The molecule has 5 N–H and O–H groups in total. The number of nitrogens with two attached hydrogens (primary N) is 1. The maximum absolute atomic E-state index is 11.0. The Balaban J connectivity index is 3.69. The fraction of sp³-hybridized carbons (Fsp3) is 0.750. The lowest BCUT2D eigenvalue weighted by atomic mass is 10.1. The van der Waals surface area contributed by atoms with Crippen molar-refractivity contribution in [3.8, 4) is 0 Å². The van der Waals surface area contributed by atoms with E-state index in [1.54, 1.807) is 6.92 Å². The van der Waals surface area contributed by atoms with Gasteiger partial charge in [0.25, 0.3) is 0 Å². The third kappa shape index (κ3) is 5.50. The van der Waals surface area contributed by atoms with Crippen LogP contribution in [0.15, 0.2) is 0 Å². The summed E-state index contributed by atoms with van der Waals surface area (Å²) in [5, 5.41) is 19.7. The molecular weight excluding hydrogens is 188 g/mol. The van der Waals surface area contributed by atoms with Crippen LogP contribution in [-0.2, 0) is 9.59 Å². The van der Waals surface area contributed by atoms with E-state index in [9.17, 15) is 9.59 Å². The summed E-state index contributed by atoms with van der Waals surface area (Å²) in [6, 6.07) is -1.03. The molecule has 0 fully saturated rings. The number of amides is 1. The Bertz CT molecular complexity index is 208. The molecule has 2 atom stereocenters. The van der Waals surface area contributed by atoms with Crippen LogP contribution >= 0.6 is 0 Å². The molecular formula is C8H16N2O4. The molecule has 82 valence electrons. The van der Waals surface area contributed by atoms with Crippen molar-refractivity contribution in [1.29, 1.82) is 0 Å². The lowest BCUT2D eigenvalue weighted by Gasteiger charge is -2.11. The number of aliphatic carboxylic acids is 1. The highest BCUT2D eigenvalue weighted by Crippen LogP contribution is 1.95. The van der Waals surface area contributed by atoms with E-state index in [1.165, 1.54) is 0 Å². The van der Waals surface area contributed by atoms with Crippen LogP contribution in [0.3, 0.4) is 0 Å². The van der Waals surface area contributed by atoms with Crippen LogP contribution in [0.4, 0.5) is 0 Å². The molecule has 14 heavy (non-hydrogen) atoms. The number of carbonyl (C=O) groups is 2. The van der Waals surface area contributed by atoms with E-state index in [4.69, 9.17) is 15.9 Å². The highest BCUT2D eigenvalue weighted by atomic mass is 16.4. The van der Waals surface area contributed by atoms with Crippen LogP contribution in [0.25, 0.3) is 0 Å². The first-order valence-corrected chi connectivity index (χ1v) is 4.43. The van der Waals surface area contributed by atoms with Crippen molar-refractivity contribution < 1.29 is 19.8 Å². The monoisotopic (exact) mass is 204 g/mol. The maximum Gasteiger partial charge on any atom is 0.320 e. The Morgan fingerprint density at radius 3 is 2.50 bits per heavy atom. The minimum atomic E-state index is -1.13. The molecule has 0 aromatic heterocycles. The summed E-state index contributed by atoms with van der Waals surface area (Å²) in [5.74, 6) is -1.52. The van der Waals surface area contributed by atoms with Gasteiger partial charge in [0.15, 0.2) is 0 Å². The zero-order valence-corrected chi connectivity index (χ0v) is 8.06. The number of aliphatic hydroxyl groups is 1. The fourth-order valence-corrected chi connectivity index (χ4v) is 0.770. The highest BCUT2D eigenvalue weighted by Gasteiger charge is 2.14. The zero-order valence-electron chi connectivity index (χ0n) is 8.06. The summed E-state index contributed by atoms with van der Waals surface area (Å²) >= 11 is 0. The molecule has 0 aliphatic heterocycles. The van der Waals surface area contributed by atoms with Gasteiger partial charge in [-0.3, -0.25) is 9.59 Å². The van der Waals surface area contributed by atoms with Gasteiger partial charge in [-0.15, -0.1) is 0 Å². The van der Waals surface area contributed by atoms with Gasteiger partial charge in [-0.1, -0.05) is 6.92 Å². The van der Waals surface area contributed by atoms with E-state index in [0.717, 1.165) is 0 Å². The van der Waals surface area contributed by atoms with Crippen LogP contribution in [0.1, 0.15) is 26.2 Å². The number of carboxylic acids is 1. The first-order valence-electron chi connectivity index (χ1n) is 4.43. The second kappa shape index (κ2) is 6.33. The predicted molar refractivity (Wildman–Crippen MR) is 49.3 cm³/mol. The highest BCUT2D eigenvalue weighted by molar-refractivity contribution is 5.78. The molecule has 2 unspecified atom stereocenters. The van der Waals surface area contributed by atoms with E-state index in [-0.39, 0.29) is 12.8 Å². The Morgan fingerprint density at radius 1 is 1.50 bits per heavy atom. The van der Waals surface area contributed by atoms with Crippen molar-refractivity contribution in [3.05, 3.63) is 0 Å². The molecule has 0 aliphatic rings. The van der Waals surface area contributed by atoms with Crippen molar-refractivity contribution in [3.63, 3.8) is 0 Å². The maximum atomic E-state index is 11.0. The fourth-order valence-electron chi connectivity index (χ4n) is 0.770. The quantitative estimate of drug-likeness (QED) is 0.415. The van der Waals surface area contributed by atoms with Crippen LogP contribution < -0.4 is 11.1 Å². The summed E-state index contributed by atoms with van der Waals surface area (Å²) < 4.78 is 0. The zero-order chi connectivity index (χ0) is 11.1. The normalized spacial score (nSPS) is 14.5. The number of hydrogen-bond acceptors (Lipinski definition) is 4. The number of hydrogen-bond donors (Lipinski definition) is 4. The van der Waals surface area contributed by atoms with Gasteiger partial charge in [-0.25, -0.2) is 0 Å². The predicted octanol–water partition coefficient (Wildman–Crippen LogP) is -0.977. The lowest BCUT2D eigenvalue weighted by Crippen LogP contribution is -2.36. The van der Waals surface area contributed by atoms with Crippen molar-refractivity contribution >= 4 is 11.9 Å². The smallest absolute Gasteiger partial charge is 0.320 e. The molecule has 0 saturated carbocycles. The molecule has 6 nitrogen and oxygen atoms in total. The number of aliphatic hydroxyl groups excluding tert-OH is 1. The molecule has 0 aliphatic carbocycles. The van der Waals surface area contributed by atoms with Gasteiger partial charge < -0.3 is 21.3 Å². The van der Waals surface area contributed by atoms with Gasteiger partial charge in [0, 0.05) is 6.42 Å². The van der Waals surface area contributed by atoms with E-state index in [0.29, 0.717) is 6.42 Å². The second-order valence-electron chi connectivity index (χ2n) is 2.97. The average Bonchev–Trinajstić information content (AvgIpc) is 2.13. The molecule has 0 rings (SSSR count). The van der Waals surface area contributed by atoms with E-state index >= 15 is 0 Å². The minimum Gasteiger partial charge on any atom is -0.480 e. The minimum absolute atomic E-state index is 0.00449. The molecule has 0 aromatic carbocycles. The molecule has 0 radical (unpaired) electrons. The standard InChI is InChI=1S/C8H16N2O4/c1-2-6(11)10-7(12)4-3-5(9)8(13)14/h5-6,11H,2-4,9H2,1H3,(H,10,12)(H,13,14). The summed E-state index contributed by atoms with van der Waals surface area (Å²) in [6.07, 6.45) is -0.387. The van der Waals surface area contributed by atoms with Gasteiger partial charge in [0.2, 0.25) is 5.91 Å². The Labute approximate surface area is 82.1 Å². The van der Waals surface area contributed by atoms with E-state index < -0.39 is 24.1 Å². The number of carboxylic acid groups (broad SMARTS) is 1. The SMILES string of the molecule is CCC(O)NC(=O)CCC(N)C(=O)O. The number of nitrogens with one attached hydrogen (secondary N) is 1. The van der Waals surface area contributed by atoms with Crippen molar-refractivity contribution in [2.24, 2.45) is 5.73 Å². The topological polar surface area (TPSA) is 113 Å². The number of rotatable bonds is 6. The summed E-state index contributed by atoms with van der Waals surface area (Å²) in [4.78, 5) is 21.3. The van der Waals surface area contributed by atoms with Gasteiger partial charge >= 0.3 is 5.97 Å². The van der Waals surface area contributed by atoms with Crippen LogP contribution in [0.5, 0.6) is 0 Å². The first kappa shape index (κ1) is 12.9. The molecule has 0 bridgehead atoms. The molecule has 6 heteroatoms. The largest absolute Gasteiger partial charge is 0.480 e. The molecule has 0 spiro atoms. The Kier molecular flexibility index (Phi) is 5.82. The van der Waals surface area contributed by atoms with Crippen LogP contribution in [0, 0.1) is 0 Å². The van der Waals surface area contributed by atoms with Crippen molar-refractivity contribution in [2.45, 2.75) is 38.5 Å². The third-order valence-electron chi connectivity index (χ3n) is 1.71. The summed E-state index contributed by atoms with van der Waals surface area (Å²) in [5.41, 5.74) is 5.19. The van der Waals surface area contributed by atoms with Crippen LogP contribution in [-0.4, -0.2) is 34.4 Å². The summed E-state index contributed by atoms with van der Waals surface area (Å²) in [6.45, 7) is 1.72. The molecule has 0 aromatic rings.